The maximum absolute atomic E-state index is 11.0. The Bertz CT molecular complexity index is 345. The highest BCUT2D eigenvalue weighted by atomic mass is 127. The molecular weight excluding hydrogens is 291 g/mol. The Morgan fingerprint density at radius 2 is 2.36 bits per heavy atom. The van der Waals surface area contributed by atoms with Gasteiger partial charge in [0.05, 0.1) is 6.61 Å². The number of esters is 1. The predicted molar refractivity (Wildman–Crippen MR) is 64.8 cm³/mol. The van der Waals surface area contributed by atoms with E-state index in [2.05, 4.69) is 22.6 Å². The summed E-state index contributed by atoms with van der Waals surface area (Å²) in [5, 5.41) is 0. The normalized spacial score (nSPS) is 10.4. The Morgan fingerprint density at radius 1 is 1.57 bits per heavy atom. The minimum absolute atomic E-state index is 0.300. The van der Waals surface area contributed by atoms with Crippen molar-refractivity contribution in [2.24, 2.45) is 0 Å². The zero-order valence-electron chi connectivity index (χ0n) is 7.87. The van der Waals surface area contributed by atoms with Gasteiger partial charge in [-0.3, -0.25) is 0 Å². The van der Waals surface area contributed by atoms with Crippen LogP contribution in [0.25, 0.3) is 6.08 Å². The molecule has 0 aliphatic heterocycles. The molecule has 0 spiro atoms. The van der Waals surface area contributed by atoms with Gasteiger partial charge in [0, 0.05) is 9.65 Å². The van der Waals surface area contributed by atoms with E-state index < -0.39 is 0 Å². The summed E-state index contributed by atoms with van der Waals surface area (Å²) in [6.45, 7) is 2.20. The van der Waals surface area contributed by atoms with Crippen molar-refractivity contribution in [2.45, 2.75) is 6.92 Å². The zero-order chi connectivity index (χ0) is 10.4. The summed E-state index contributed by atoms with van der Waals surface area (Å²) in [7, 11) is 0. The molecule has 1 rings (SSSR count). The van der Waals surface area contributed by atoms with E-state index in [1.807, 2.05) is 24.3 Å². The van der Waals surface area contributed by atoms with Gasteiger partial charge in [-0.15, -0.1) is 0 Å². The van der Waals surface area contributed by atoms with Crippen LogP contribution in [0, 0.1) is 3.57 Å². The van der Waals surface area contributed by atoms with Crippen LogP contribution in [0.2, 0.25) is 0 Å². The van der Waals surface area contributed by atoms with Crippen molar-refractivity contribution in [3.05, 3.63) is 39.5 Å². The van der Waals surface area contributed by atoms with Crippen molar-refractivity contribution in [1.82, 2.24) is 0 Å². The van der Waals surface area contributed by atoms with Gasteiger partial charge < -0.3 is 4.74 Å². The van der Waals surface area contributed by atoms with E-state index in [1.54, 1.807) is 13.0 Å². The minimum Gasteiger partial charge on any atom is -0.463 e. The molecule has 0 saturated carbocycles. The maximum Gasteiger partial charge on any atom is 0.330 e. The highest BCUT2D eigenvalue weighted by Gasteiger charge is 1.93. The van der Waals surface area contributed by atoms with Crippen LogP contribution in [0.15, 0.2) is 30.3 Å². The smallest absolute Gasteiger partial charge is 0.330 e. The Balaban J connectivity index is 2.64. The van der Waals surface area contributed by atoms with Gasteiger partial charge in [0.2, 0.25) is 0 Å². The van der Waals surface area contributed by atoms with Gasteiger partial charge in [-0.2, -0.15) is 0 Å². The van der Waals surface area contributed by atoms with Gasteiger partial charge in [0.15, 0.2) is 0 Å². The molecule has 2 nitrogen and oxygen atoms in total. The molecule has 0 fully saturated rings. The first-order valence-corrected chi connectivity index (χ1v) is 5.40. The number of ether oxygens (including phenoxy) is 1. The largest absolute Gasteiger partial charge is 0.463 e. The zero-order valence-corrected chi connectivity index (χ0v) is 10.0. The van der Waals surface area contributed by atoms with Crippen LogP contribution in [0.1, 0.15) is 12.5 Å². The quantitative estimate of drug-likeness (QED) is 0.487. The maximum atomic E-state index is 11.0. The van der Waals surface area contributed by atoms with Gasteiger partial charge >= 0.3 is 5.97 Å². The molecule has 74 valence electrons. The van der Waals surface area contributed by atoms with Crippen molar-refractivity contribution in [1.29, 1.82) is 0 Å². The fourth-order valence-corrected chi connectivity index (χ4v) is 1.53. The van der Waals surface area contributed by atoms with Crippen LogP contribution >= 0.6 is 22.6 Å². The summed E-state index contributed by atoms with van der Waals surface area (Å²) in [5.41, 5.74) is 1.00. The highest BCUT2D eigenvalue weighted by Crippen LogP contribution is 2.09. The predicted octanol–water partition coefficient (Wildman–Crippen LogP) is 2.87. The number of rotatable bonds is 3. The molecule has 1 aromatic rings. The van der Waals surface area contributed by atoms with Crippen molar-refractivity contribution < 1.29 is 9.53 Å². The fourth-order valence-electron chi connectivity index (χ4n) is 0.965. The van der Waals surface area contributed by atoms with Crippen molar-refractivity contribution in [3.8, 4) is 0 Å². The summed E-state index contributed by atoms with van der Waals surface area (Å²) < 4.78 is 5.91. The van der Waals surface area contributed by atoms with Crippen LogP contribution in [-0.4, -0.2) is 12.6 Å². The number of benzene rings is 1. The molecule has 0 heterocycles. The third kappa shape index (κ3) is 3.91. The third-order valence-electron chi connectivity index (χ3n) is 1.55. The lowest BCUT2D eigenvalue weighted by Crippen LogP contribution is -1.98. The van der Waals surface area contributed by atoms with E-state index >= 15 is 0 Å². The summed E-state index contributed by atoms with van der Waals surface area (Å²) in [4.78, 5) is 11.0. The van der Waals surface area contributed by atoms with Gasteiger partial charge in [-0.25, -0.2) is 4.79 Å². The standard InChI is InChI=1S/C11H11IO2/c1-2-14-11(13)7-6-9-4-3-5-10(12)8-9/h3-8H,2H2,1H3. The molecule has 3 heteroatoms. The number of carbonyl (C=O) groups excluding carboxylic acids is 1. The summed E-state index contributed by atoms with van der Waals surface area (Å²) in [5.74, 6) is -0.300. The van der Waals surface area contributed by atoms with Gasteiger partial charge in [-0.1, -0.05) is 12.1 Å². The highest BCUT2D eigenvalue weighted by molar-refractivity contribution is 14.1. The lowest BCUT2D eigenvalue weighted by Gasteiger charge is -1.96. The summed E-state index contributed by atoms with van der Waals surface area (Å²) in [6, 6.07) is 7.89. The molecule has 0 bridgehead atoms. The molecule has 0 saturated heterocycles. The lowest BCUT2D eigenvalue weighted by molar-refractivity contribution is -0.137. The Labute approximate surface area is 97.1 Å². The molecule has 0 unspecified atom stereocenters. The molecule has 14 heavy (non-hydrogen) atoms. The average molecular weight is 302 g/mol. The second-order valence-corrected chi connectivity index (χ2v) is 3.89. The Morgan fingerprint density at radius 3 is 3.00 bits per heavy atom. The summed E-state index contributed by atoms with van der Waals surface area (Å²) in [6.07, 6.45) is 3.19. The molecule has 0 aliphatic rings. The van der Waals surface area contributed by atoms with Crippen molar-refractivity contribution in [3.63, 3.8) is 0 Å². The fraction of sp³-hybridized carbons (Fsp3) is 0.182. The lowest BCUT2D eigenvalue weighted by atomic mass is 10.2. The van der Waals surface area contributed by atoms with Gasteiger partial charge in [-0.05, 0) is 53.3 Å². The van der Waals surface area contributed by atoms with Gasteiger partial charge in [0.1, 0.15) is 0 Å². The third-order valence-corrected chi connectivity index (χ3v) is 2.22. The second kappa shape index (κ2) is 5.80. The molecule has 0 radical (unpaired) electrons. The minimum atomic E-state index is -0.300. The molecular formula is C11H11IO2. The first kappa shape index (κ1) is 11.2. The van der Waals surface area contributed by atoms with Crippen LogP contribution < -0.4 is 0 Å². The number of carbonyl (C=O) groups is 1. The molecule has 0 amide bonds. The van der Waals surface area contributed by atoms with Crippen LogP contribution in [0.3, 0.4) is 0 Å². The molecule has 0 N–H and O–H groups in total. The Hall–Kier alpha value is -0.840. The van der Waals surface area contributed by atoms with Crippen LogP contribution in [0.4, 0.5) is 0 Å². The molecule has 0 atom stereocenters. The number of hydrogen-bond donors (Lipinski definition) is 0. The average Bonchev–Trinajstić information content (AvgIpc) is 2.15. The molecule has 0 aliphatic carbocycles. The van der Waals surface area contributed by atoms with E-state index in [0.29, 0.717) is 6.61 Å². The van der Waals surface area contributed by atoms with Crippen LogP contribution in [-0.2, 0) is 9.53 Å². The van der Waals surface area contributed by atoms with E-state index in [9.17, 15) is 4.79 Å². The van der Waals surface area contributed by atoms with Gasteiger partial charge in [0.25, 0.3) is 0 Å². The topological polar surface area (TPSA) is 26.3 Å². The Kier molecular flexibility index (Phi) is 4.65. The second-order valence-electron chi connectivity index (χ2n) is 2.64. The van der Waals surface area contributed by atoms with E-state index in [-0.39, 0.29) is 5.97 Å². The summed E-state index contributed by atoms with van der Waals surface area (Å²) >= 11 is 2.23. The monoisotopic (exact) mass is 302 g/mol. The number of halogens is 1. The van der Waals surface area contributed by atoms with E-state index in [1.165, 1.54) is 6.08 Å². The van der Waals surface area contributed by atoms with Crippen molar-refractivity contribution >= 4 is 34.6 Å². The molecule has 0 aromatic heterocycles. The first-order valence-electron chi connectivity index (χ1n) is 4.33. The number of hydrogen-bond acceptors (Lipinski definition) is 2. The molecule has 1 aromatic carbocycles. The van der Waals surface area contributed by atoms with Crippen molar-refractivity contribution in [2.75, 3.05) is 6.61 Å². The van der Waals surface area contributed by atoms with E-state index in [4.69, 9.17) is 4.74 Å². The van der Waals surface area contributed by atoms with Crippen LogP contribution in [0.5, 0.6) is 0 Å². The van der Waals surface area contributed by atoms with E-state index in [0.717, 1.165) is 9.13 Å². The SMILES string of the molecule is CCOC(=O)C=Cc1cccc(I)c1. The first-order chi connectivity index (χ1) is 6.72.